The summed E-state index contributed by atoms with van der Waals surface area (Å²) in [7, 11) is 1.68. The number of hydrogen-bond donors (Lipinski definition) is 2. The van der Waals surface area contributed by atoms with Crippen LogP contribution in [-0.2, 0) is 33.5 Å². The fourth-order valence-electron chi connectivity index (χ4n) is 3.70. The van der Waals surface area contributed by atoms with Crippen molar-refractivity contribution in [1.82, 2.24) is 35.8 Å². The second-order valence-corrected chi connectivity index (χ2v) is 11.2. The molecule has 0 bridgehead atoms. The van der Waals surface area contributed by atoms with Crippen molar-refractivity contribution in [1.29, 1.82) is 0 Å². The van der Waals surface area contributed by atoms with Crippen LogP contribution in [0, 0.1) is 5.92 Å². The van der Waals surface area contributed by atoms with Crippen molar-refractivity contribution in [3.63, 3.8) is 0 Å². The molecule has 1 unspecified atom stereocenters. The van der Waals surface area contributed by atoms with Gasteiger partial charge in [-0.05, 0) is 55.7 Å². The highest BCUT2D eigenvalue weighted by atomic mass is 16.6. The summed E-state index contributed by atoms with van der Waals surface area (Å²) in [6.07, 6.45) is 0.213. The van der Waals surface area contributed by atoms with Gasteiger partial charge in [0.2, 0.25) is 0 Å². The Bertz CT molecular complexity index is 947. The number of amides is 1. The van der Waals surface area contributed by atoms with E-state index >= 15 is 0 Å². The molecule has 0 saturated carbocycles. The second-order valence-electron chi connectivity index (χ2n) is 11.2. The molecule has 2 aromatic rings. The van der Waals surface area contributed by atoms with E-state index < -0.39 is 17.2 Å². The topological polar surface area (TPSA) is 116 Å². The molecule has 0 aliphatic heterocycles. The summed E-state index contributed by atoms with van der Waals surface area (Å²) < 4.78 is 12.7. The van der Waals surface area contributed by atoms with Crippen LogP contribution in [0.1, 0.15) is 79.0 Å². The maximum atomic E-state index is 11.9. The zero-order valence-corrected chi connectivity index (χ0v) is 22.8. The first-order chi connectivity index (χ1) is 16.3. The van der Waals surface area contributed by atoms with E-state index in [1.54, 1.807) is 11.8 Å². The Hall–Kier alpha value is -2.59. The fraction of sp³-hybridized carbons (Fsp3) is 0.720. The number of aryl methyl sites for hydroxylation is 1. The van der Waals surface area contributed by atoms with Crippen LogP contribution in [-0.4, -0.2) is 57.1 Å². The summed E-state index contributed by atoms with van der Waals surface area (Å²) in [5.74, 6) is 0.816. The Morgan fingerprint density at radius 2 is 1.86 bits per heavy atom. The lowest BCUT2D eigenvalue weighted by molar-refractivity contribution is 0.0525. The van der Waals surface area contributed by atoms with Crippen molar-refractivity contribution in [2.45, 2.75) is 91.5 Å². The fourth-order valence-corrected chi connectivity index (χ4v) is 3.70. The lowest BCUT2D eigenvalue weighted by Gasteiger charge is -2.36. The van der Waals surface area contributed by atoms with Crippen LogP contribution < -0.4 is 10.6 Å². The van der Waals surface area contributed by atoms with Gasteiger partial charge in [-0.15, -0.1) is 5.10 Å². The van der Waals surface area contributed by atoms with Gasteiger partial charge < -0.3 is 14.8 Å². The lowest BCUT2D eigenvalue weighted by Crippen LogP contribution is -2.52. The van der Waals surface area contributed by atoms with Gasteiger partial charge in [0, 0.05) is 37.9 Å². The van der Waals surface area contributed by atoms with Crippen LogP contribution in [0.15, 0.2) is 18.2 Å². The molecule has 1 atom stereocenters. The molecule has 0 spiro atoms. The smallest absolute Gasteiger partial charge is 0.407 e. The standard InChI is InChI=1S/C25H43N7O3/c1-18(2)25(17-34-9,27-16-19-12-10-13-20(28-19)23(3,4)5)21-29-30-31-32(21)15-11-14-26-22(33)35-24(6,7)8/h10,12-13,18,27H,11,14-17H2,1-9H3,(H,26,33). The van der Waals surface area contributed by atoms with Gasteiger partial charge >= 0.3 is 6.09 Å². The van der Waals surface area contributed by atoms with E-state index in [4.69, 9.17) is 14.5 Å². The molecule has 2 N–H and O–H groups in total. The summed E-state index contributed by atoms with van der Waals surface area (Å²) in [6.45, 7) is 18.1. The SMILES string of the molecule is COCC(NCc1cccc(C(C)(C)C)n1)(c1nnnn1CCCNC(=O)OC(C)(C)C)C(C)C. The number of rotatable bonds is 11. The molecule has 0 radical (unpaired) electrons. The van der Waals surface area contributed by atoms with Crippen LogP contribution in [0.25, 0.3) is 0 Å². The van der Waals surface area contributed by atoms with Gasteiger partial charge in [0.15, 0.2) is 5.82 Å². The molecule has 0 aliphatic rings. The number of tetrazole rings is 1. The third-order valence-corrected chi connectivity index (χ3v) is 5.66. The monoisotopic (exact) mass is 489 g/mol. The van der Waals surface area contributed by atoms with Crippen molar-refractivity contribution in [3.05, 3.63) is 35.4 Å². The van der Waals surface area contributed by atoms with E-state index in [9.17, 15) is 4.79 Å². The zero-order valence-electron chi connectivity index (χ0n) is 22.8. The van der Waals surface area contributed by atoms with Gasteiger partial charge in [0.1, 0.15) is 11.1 Å². The summed E-state index contributed by atoms with van der Waals surface area (Å²) in [5, 5.41) is 19.0. The van der Waals surface area contributed by atoms with Gasteiger partial charge in [-0.2, -0.15) is 0 Å². The van der Waals surface area contributed by atoms with Crippen LogP contribution in [0.4, 0.5) is 4.79 Å². The minimum atomic E-state index is -0.629. The highest BCUT2D eigenvalue weighted by molar-refractivity contribution is 5.67. The Morgan fingerprint density at radius 3 is 2.46 bits per heavy atom. The van der Waals surface area contributed by atoms with Crippen molar-refractivity contribution in [2.24, 2.45) is 5.92 Å². The largest absolute Gasteiger partial charge is 0.444 e. The molecule has 0 fully saturated rings. The predicted octanol–water partition coefficient (Wildman–Crippen LogP) is 3.57. The summed E-state index contributed by atoms with van der Waals surface area (Å²) in [4.78, 5) is 16.8. The van der Waals surface area contributed by atoms with Gasteiger partial charge in [-0.3, -0.25) is 10.3 Å². The molecule has 196 valence electrons. The summed E-state index contributed by atoms with van der Waals surface area (Å²) >= 11 is 0. The van der Waals surface area contributed by atoms with Crippen LogP contribution >= 0.6 is 0 Å². The number of ether oxygens (including phenoxy) is 2. The maximum Gasteiger partial charge on any atom is 0.407 e. The average Bonchev–Trinajstić information content (AvgIpc) is 3.21. The molecular weight excluding hydrogens is 446 g/mol. The number of alkyl carbamates (subject to hydrolysis) is 1. The van der Waals surface area contributed by atoms with Crippen molar-refractivity contribution in [2.75, 3.05) is 20.3 Å². The van der Waals surface area contributed by atoms with E-state index in [0.29, 0.717) is 38.5 Å². The number of pyridine rings is 1. The van der Waals surface area contributed by atoms with Crippen LogP contribution in [0.3, 0.4) is 0 Å². The lowest BCUT2D eigenvalue weighted by atomic mass is 9.85. The Morgan fingerprint density at radius 1 is 1.14 bits per heavy atom. The van der Waals surface area contributed by atoms with E-state index in [1.165, 1.54) is 0 Å². The molecule has 10 nitrogen and oxygen atoms in total. The molecule has 0 saturated heterocycles. The first-order valence-corrected chi connectivity index (χ1v) is 12.2. The van der Waals surface area contributed by atoms with E-state index in [0.717, 1.165) is 11.4 Å². The minimum absolute atomic E-state index is 0.0326. The van der Waals surface area contributed by atoms with Gasteiger partial charge in [-0.1, -0.05) is 40.7 Å². The molecule has 0 aromatic carbocycles. The molecule has 2 heterocycles. The molecule has 1 amide bonds. The number of nitrogens with one attached hydrogen (secondary N) is 2. The maximum absolute atomic E-state index is 11.9. The molecule has 2 rings (SSSR count). The highest BCUT2D eigenvalue weighted by Gasteiger charge is 2.41. The summed E-state index contributed by atoms with van der Waals surface area (Å²) in [6, 6.07) is 6.12. The number of carbonyl (C=O) groups is 1. The molecule has 10 heteroatoms. The van der Waals surface area contributed by atoms with E-state index in [1.807, 2.05) is 32.9 Å². The predicted molar refractivity (Wildman–Crippen MR) is 135 cm³/mol. The van der Waals surface area contributed by atoms with Crippen molar-refractivity contribution in [3.8, 4) is 0 Å². The van der Waals surface area contributed by atoms with Gasteiger partial charge in [0.05, 0.1) is 12.3 Å². The number of aromatic nitrogens is 5. The first kappa shape index (κ1) is 28.6. The second kappa shape index (κ2) is 11.9. The quantitative estimate of drug-likeness (QED) is 0.460. The van der Waals surface area contributed by atoms with Crippen molar-refractivity contribution < 1.29 is 14.3 Å². The molecule has 35 heavy (non-hydrogen) atoms. The van der Waals surface area contributed by atoms with E-state index in [-0.39, 0.29) is 11.3 Å². The average molecular weight is 490 g/mol. The van der Waals surface area contributed by atoms with E-state index in [2.05, 4.69) is 66.8 Å². The number of hydrogen-bond acceptors (Lipinski definition) is 8. The van der Waals surface area contributed by atoms with Crippen LogP contribution in [0.2, 0.25) is 0 Å². The highest BCUT2D eigenvalue weighted by Crippen LogP contribution is 2.29. The van der Waals surface area contributed by atoms with Crippen molar-refractivity contribution >= 4 is 6.09 Å². The molecule has 2 aromatic heterocycles. The Kier molecular flexibility index (Phi) is 9.74. The normalized spacial score (nSPS) is 14.1. The zero-order chi connectivity index (χ0) is 26.3. The molecule has 0 aliphatic carbocycles. The number of carbonyl (C=O) groups excluding carboxylic acids is 1. The Labute approximate surface area is 209 Å². The van der Waals surface area contributed by atoms with Gasteiger partial charge in [0.25, 0.3) is 0 Å². The van der Waals surface area contributed by atoms with Crippen LogP contribution in [0.5, 0.6) is 0 Å². The Balaban J connectivity index is 2.16. The number of methoxy groups -OCH3 is 1. The summed E-state index contributed by atoms with van der Waals surface area (Å²) in [5.41, 5.74) is 0.794. The minimum Gasteiger partial charge on any atom is -0.444 e. The van der Waals surface area contributed by atoms with Gasteiger partial charge in [-0.25, -0.2) is 9.48 Å². The first-order valence-electron chi connectivity index (χ1n) is 12.2. The molecular formula is C25H43N7O3. The number of nitrogens with zero attached hydrogens (tertiary/aromatic N) is 5. The third-order valence-electron chi connectivity index (χ3n) is 5.66. The third kappa shape index (κ3) is 8.24.